The van der Waals surface area contributed by atoms with Gasteiger partial charge in [-0.15, -0.1) is 0 Å². The number of rotatable bonds is 3. The number of pyridine rings is 2. The van der Waals surface area contributed by atoms with Crippen molar-refractivity contribution in [3.8, 4) is 5.82 Å². The van der Waals surface area contributed by atoms with Gasteiger partial charge < -0.3 is 4.42 Å². The standard InChI is InChI=1S/C39H23FN4O/c40-38(23-12-14-25-26-7-1-3-9-32(26)43-18-17-42-39(43)31(25)19-23)24-13-15-27-29-22-36-30(28-8-2-4-10-35(28)45-36)21-34(29)44(33(27)20-24)37-11-5-6-16-41-37/h1-22,38H. The van der Waals surface area contributed by atoms with Crippen molar-refractivity contribution in [2.75, 3.05) is 0 Å². The molecule has 0 radical (unpaired) electrons. The minimum Gasteiger partial charge on any atom is -0.456 e. The maximum atomic E-state index is 16.6. The molecule has 6 heteroatoms. The molecule has 0 amide bonds. The lowest BCUT2D eigenvalue weighted by Crippen LogP contribution is -1.99. The number of halogens is 1. The van der Waals surface area contributed by atoms with Crippen LogP contribution in [0.4, 0.5) is 4.39 Å². The molecule has 5 heterocycles. The van der Waals surface area contributed by atoms with Gasteiger partial charge >= 0.3 is 0 Å². The number of benzene rings is 5. The molecule has 0 fully saturated rings. The van der Waals surface area contributed by atoms with Crippen LogP contribution in [-0.2, 0) is 0 Å². The van der Waals surface area contributed by atoms with Crippen molar-refractivity contribution in [3.05, 3.63) is 145 Å². The van der Waals surface area contributed by atoms with Gasteiger partial charge in [-0.05, 0) is 65.0 Å². The molecule has 0 bridgehead atoms. The second-order valence-corrected chi connectivity index (χ2v) is 11.6. The molecule has 0 spiro atoms. The van der Waals surface area contributed by atoms with Crippen LogP contribution in [0.5, 0.6) is 0 Å². The molecule has 212 valence electrons. The Hall–Kier alpha value is -6.01. The fraction of sp³-hybridized carbons (Fsp3) is 0.0256. The van der Waals surface area contributed by atoms with Gasteiger partial charge in [-0.2, -0.15) is 0 Å². The van der Waals surface area contributed by atoms with Crippen LogP contribution in [-0.4, -0.2) is 18.9 Å². The van der Waals surface area contributed by atoms with E-state index in [2.05, 4.69) is 44.3 Å². The Morgan fingerprint density at radius 2 is 1.29 bits per heavy atom. The minimum atomic E-state index is -1.34. The Balaban J connectivity index is 1.20. The molecule has 0 aliphatic carbocycles. The Morgan fingerprint density at radius 3 is 2.18 bits per heavy atom. The van der Waals surface area contributed by atoms with Crippen molar-refractivity contribution >= 4 is 71.1 Å². The Kier molecular flexibility index (Phi) is 4.89. The van der Waals surface area contributed by atoms with E-state index in [-0.39, 0.29) is 0 Å². The fourth-order valence-corrected chi connectivity index (χ4v) is 7.08. The number of hydrogen-bond acceptors (Lipinski definition) is 3. The summed E-state index contributed by atoms with van der Waals surface area (Å²) in [7, 11) is 0. The first-order valence-electron chi connectivity index (χ1n) is 15.0. The van der Waals surface area contributed by atoms with E-state index in [1.807, 2.05) is 91.1 Å². The van der Waals surface area contributed by atoms with Gasteiger partial charge in [0, 0.05) is 50.9 Å². The molecule has 1 atom stereocenters. The molecule has 1 unspecified atom stereocenters. The molecule has 10 rings (SSSR count). The lowest BCUT2D eigenvalue weighted by molar-refractivity contribution is 0.402. The number of nitrogens with zero attached hydrogens (tertiary/aromatic N) is 4. The molecule has 5 nitrogen and oxygen atoms in total. The molecule has 5 aromatic carbocycles. The Labute approximate surface area is 255 Å². The van der Waals surface area contributed by atoms with Gasteiger partial charge in [-0.3, -0.25) is 8.97 Å². The normalized spacial score (nSPS) is 12.9. The van der Waals surface area contributed by atoms with Crippen LogP contribution in [0.3, 0.4) is 0 Å². The van der Waals surface area contributed by atoms with E-state index < -0.39 is 6.17 Å². The van der Waals surface area contributed by atoms with Gasteiger partial charge in [0.05, 0.1) is 16.6 Å². The lowest BCUT2D eigenvalue weighted by Gasteiger charge is -2.14. The summed E-state index contributed by atoms with van der Waals surface area (Å²) in [4.78, 5) is 9.34. The zero-order valence-electron chi connectivity index (χ0n) is 23.9. The SMILES string of the molecule is FC(c1ccc2c3ccccc3n3ccnc3c2c1)c1ccc2c3cc4oc5ccccc5c4cc3n(-c3ccccn3)c2c1. The molecular weight excluding hydrogens is 559 g/mol. The zero-order valence-corrected chi connectivity index (χ0v) is 23.9. The topological polar surface area (TPSA) is 48.3 Å². The maximum Gasteiger partial charge on any atom is 0.150 e. The second-order valence-electron chi connectivity index (χ2n) is 11.6. The van der Waals surface area contributed by atoms with Crippen molar-refractivity contribution < 1.29 is 8.81 Å². The van der Waals surface area contributed by atoms with Gasteiger partial charge in [0.1, 0.15) is 22.6 Å². The third-order valence-corrected chi connectivity index (χ3v) is 9.13. The second kappa shape index (κ2) is 9.00. The Bertz CT molecular complexity index is 2790. The highest BCUT2D eigenvalue weighted by Crippen LogP contribution is 2.40. The van der Waals surface area contributed by atoms with Crippen LogP contribution in [0.25, 0.3) is 76.9 Å². The number of para-hydroxylation sites is 2. The van der Waals surface area contributed by atoms with E-state index in [1.54, 1.807) is 12.4 Å². The third kappa shape index (κ3) is 3.42. The summed E-state index contributed by atoms with van der Waals surface area (Å²) >= 11 is 0. The summed E-state index contributed by atoms with van der Waals surface area (Å²) in [5.41, 5.74) is 6.63. The number of alkyl halides is 1. The van der Waals surface area contributed by atoms with E-state index in [1.165, 1.54) is 0 Å². The summed E-state index contributed by atoms with van der Waals surface area (Å²) in [6, 6.07) is 38.2. The van der Waals surface area contributed by atoms with Crippen LogP contribution in [0, 0.1) is 0 Å². The number of aromatic nitrogens is 4. The summed E-state index contributed by atoms with van der Waals surface area (Å²) in [6.45, 7) is 0. The molecular formula is C39H23FN4O. The van der Waals surface area contributed by atoms with Gasteiger partial charge in [-0.25, -0.2) is 14.4 Å². The van der Waals surface area contributed by atoms with Crippen LogP contribution >= 0.6 is 0 Å². The first-order chi connectivity index (χ1) is 22.2. The third-order valence-electron chi connectivity index (χ3n) is 9.13. The van der Waals surface area contributed by atoms with Crippen LogP contribution in [0.1, 0.15) is 17.3 Å². The highest BCUT2D eigenvalue weighted by molar-refractivity contribution is 6.17. The van der Waals surface area contributed by atoms with E-state index in [4.69, 9.17) is 9.40 Å². The van der Waals surface area contributed by atoms with E-state index >= 15 is 4.39 Å². The fourth-order valence-electron chi connectivity index (χ4n) is 7.08. The molecule has 5 aromatic heterocycles. The summed E-state index contributed by atoms with van der Waals surface area (Å²) < 4.78 is 27.1. The molecule has 0 saturated heterocycles. The van der Waals surface area contributed by atoms with Crippen LogP contribution in [0.15, 0.2) is 138 Å². The highest BCUT2D eigenvalue weighted by atomic mass is 19.1. The van der Waals surface area contributed by atoms with E-state index in [9.17, 15) is 0 Å². The maximum absolute atomic E-state index is 16.6. The molecule has 10 aromatic rings. The van der Waals surface area contributed by atoms with Crippen molar-refractivity contribution in [3.63, 3.8) is 0 Å². The van der Waals surface area contributed by atoms with Crippen molar-refractivity contribution in [1.29, 1.82) is 0 Å². The lowest BCUT2D eigenvalue weighted by atomic mass is 9.97. The van der Waals surface area contributed by atoms with Gasteiger partial charge in [0.2, 0.25) is 0 Å². The average molecular weight is 583 g/mol. The van der Waals surface area contributed by atoms with E-state index in [0.717, 1.165) is 76.9 Å². The predicted octanol–water partition coefficient (Wildman–Crippen LogP) is 10.1. The zero-order chi connectivity index (χ0) is 29.6. The molecule has 45 heavy (non-hydrogen) atoms. The Morgan fingerprint density at radius 1 is 0.533 bits per heavy atom. The summed E-state index contributed by atoms with van der Waals surface area (Å²) in [6.07, 6.45) is 4.21. The number of imidazole rings is 1. The smallest absolute Gasteiger partial charge is 0.150 e. The number of furan rings is 1. The number of fused-ring (bicyclic) bond motifs is 12. The van der Waals surface area contributed by atoms with Gasteiger partial charge in [-0.1, -0.05) is 66.7 Å². The first kappa shape index (κ1) is 24.4. The molecule has 0 aliphatic rings. The number of hydrogen-bond donors (Lipinski definition) is 0. The van der Waals surface area contributed by atoms with Crippen molar-refractivity contribution in [2.24, 2.45) is 0 Å². The quantitative estimate of drug-likeness (QED) is 0.195. The van der Waals surface area contributed by atoms with Crippen LogP contribution < -0.4 is 0 Å². The average Bonchev–Trinajstić information content (AvgIpc) is 3.81. The largest absolute Gasteiger partial charge is 0.456 e. The summed E-state index contributed by atoms with van der Waals surface area (Å²) in [5.74, 6) is 0.775. The van der Waals surface area contributed by atoms with Crippen molar-refractivity contribution in [2.45, 2.75) is 6.17 Å². The minimum absolute atomic E-state index is 0.580. The van der Waals surface area contributed by atoms with Crippen molar-refractivity contribution in [1.82, 2.24) is 18.9 Å². The van der Waals surface area contributed by atoms with Crippen LogP contribution in [0.2, 0.25) is 0 Å². The summed E-state index contributed by atoms with van der Waals surface area (Å²) in [5, 5.41) is 7.24. The predicted molar refractivity (Wildman–Crippen MR) is 179 cm³/mol. The highest BCUT2D eigenvalue weighted by Gasteiger charge is 2.21. The monoisotopic (exact) mass is 582 g/mol. The molecule has 0 saturated carbocycles. The van der Waals surface area contributed by atoms with Gasteiger partial charge in [0.15, 0.2) is 6.17 Å². The molecule has 0 N–H and O–H groups in total. The van der Waals surface area contributed by atoms with Gasteiger partial charge in [0.25, 0.3) is 0 Å². The molecule has 0 aliphatic heterocycles. The van der Waals surface area contributed by atoms with E-state index in [0.29, 0.717) is 11.1 Å². The first-order valence-corrected chi connectivity index (χ1v) is 15.0.